The number of nitrogens with two attached hydrogens (primary N) is 1. The van der Waals surface area contributed by atoms with Crippen molar-refractivity contribution >= 4 is 6.03 Å². The van der Waals surface area contributed by atoms with Crippen molar-refractivity contribution in [2.24, 2.45) is 5.73 Å². The van der Waals surface area contributed by atoms with E-state index in [1.807, 2.05) is 0 Å². The van der Waals surface area contributed by atoms with E-state index >= 15 is 0 Å². The Hall–Kier alpha value is -1.21. The molecule has 2 aliphatic rings. The predicted molar refractivity (Wildman–Crippen MR) is 62.8 cm³/mol. The summed E-state index contributed by atoms with van der Waals surface area (Å²) in [4.78, 5) is 15.1. The average molecular weight is 221 g/mol. The van der Waals surface area contributed by atoms with Crippen LogP contribution >= 0.6 is 0 Å². The number of hydrogen-bond acceptors (Lipinski definition) is 2. The van der Waals surface area contributed by atoms with Crippen molar-refractivity contribution in [3.8, 4) is 11.8 Å². The molecular weight excluding hydrogens is 202 g/mol. The average Bonchev–Trinajstić information content (AvgIpc) is 2.87. The van der Waals surface area contributed by atoms with Crippen molar-refractivity contribution in [3.05, 3.63) is 0 Å². The Balaban J connectivity index is 1.83. The maximum atomic E-state index is 11.1. The molecular formula is C12H19N3O. The smallest absolute Gasteiger partial charge is 0.315 e. The number of carbonyl (C=O) groups is 1. The maximum absolute atomic E-state index is 11.1. The SMILES string of the molecule is NC(=O)N1CCCC1C#CCN1CCCC1. The third-order valence-corrected chi connectivity index (χ3v) is 3.31. The van der Waals surface area contributed by atoms with Crippen LogP contribution in [0.25, 0.3) is 0 Å². The van der Waals surface area contributed by atoms with E-state index in [0.29, 0.717) is 0 Å². The minimum absolute atomic E-state index is 0.0557. The molecule has 2 rings (SSSR count). The molecule has 2 fully saturated rings. The first-order valence-electron chi connectivity index (χ1n) is 6.04. The summed E-state index contributed by atoms with van der Waals surface area (Å²) in [5.74, 6) is 6.35. The Morgan fingerprint density at radius 2 is 2.00 bits per heavy atom. The van der Waals surface area contributed by atoms with Crippen LogP contribution in [0.1, 0.15) is 25.7 Å². The molecule has 0 aromatic carbocycles. The number of primary amides is 1. The topological polar surface area (TPSA) is 49.6 Å². The third kappa shape index (κ3) is 2.67. The Morgan fingerprint density at radius 1 is 1.25 bits per heavy atom. The fourth-order valence-electron chi connectivity index (χ4n) is 2.40. The molecule has 0 spiro atoms. The zero-order valence-electron chi connectivity index (χ0n) is 9.61. The summed E-state index contributed by atoms with van der Waals surface area (Å²) < 4.78 is 0. The lowest BCUT2D eigenvalue weighted by atomic mass is 10.2. The molecule has 4 heteroatoms. The summed E-state index contributed by atoms with van der Waals surface area (Å²) in [6, 6.07) is -0.280. The number of rotatable bonds is 1. The largest absolute Gasteiger partial charge is 0.351 e. The highest BCUT2D eigenvalue weighted by Crippen LogP contribution is 2.15. The highest BCUT2D eigenvalue weighted by molar-refractivity contribution is 5.73. The van der Waals surface area contributed by atoms with Gasteiger partial charge in [-0.25, -0.2) is 4.79 Å². The monoisotopic (exact) mass is 221 g/mol. The van der Waals surface area contributed by atoms with Gasteiger partial charge in [0.05, 0.1) is 12.6 Å². The Labute approximate surface area is 96.8 Å². The van der Waals surface area contributed by atoms with Crippen molar-refractivity contribution in [3.63, 3.8) is 0 Å². The summed E-state index contributed by atoms with van der Waals surface area (Å²) in [7, 11) is 0. The highest BCUT2D eigenvalue weighted by atomic mass is 16.2. The number of likely N-dealkylation sites (tertiary alicyclic amines) is 2. The summed E-state index contributed by atoms with van der Waals surface area (Å²) in [6.45, 7) is 3.93. The van der Waals surface area contributed by atoms with Gasteiger partial charge in [0.2, 0.25) is 0 Å². The van der Waals surface area contributed by atoms with E-state index in [0.717, 1.165) is 25.9 Å². The van der Waals surface area contributed by atoms with Crippen LogP contribution in [0.15, 0.2) is 0 Å². The quantitative estimate of drug-likeness (QED) is 0.660. The molecule has 4 nitrogen and oxygen atoms in total. The van der Waals surface area contributed by atoms with E-state index in [4.69, 9.17) is 5.73 Å². The van der Waals surface area contributed by atoms with Gasteiger partial charge in [0, 0.05) is 6.54 Å². The second-order valence-corrected chi connectivity index (χ2v) is 4.49. The Kier molecular flexibility index (Phi) is 3.68. The van der Waals surface area contributed by atoms with Crippen molar-refractivity contribution in [1.82, 2.24) is 9.80 Å². The van der Waals surface area contributed by atoms with E-state index < -0.39 is 0 Å². The maximum Gasteiger partial charge on any atom is 0.315 e. The van der Waals surface area contributed by atoms with Crippen LogP contribution in [0.3, 0.4) is 0 Å². The predicted octanol–water partition coefficient (Wildman–Crippen LogP) is 0.629. The minimum atomic E-state index is -0.335. The van der Waals surface area contributed by atoms with Gasteiger partial charge in [0.15, 0.2) is 0 Å². The van der Waals surface area contributed by atoms with Gasteiger partial charge in [0.1, 0.15) is 0 Å². The molecule has 0 aliphatic carbocycles. The van der Waals surface area contributed by atoms with Crippen molar-refractivity contribution in [2.45, 2.75) is 31.7 Å². The highest BCUT2D eigenvalue weighted by Gasteiger charge is 2.25. The zero-order chi connectivity index (χ0) is 11.4. The van der Waals surface area contributed by atoms with Gasteiger partial charge >= 0.3 is 6.03 Å². The lowest BCUT2D eigenvalue weighted by Crippen LogP contribution is -2.38. The molecule has 0 saturated carbocycles. The lowest BCUT2D eigenvalue weighted by molar-refractivity contribution is 0.211. The molecule has 0 aromatic heterocycles. The van der Waals surface area contributed by atoms with E-state index in [-0.39, 0.29) is 12.1 Å². The zero-order valence-corrected chi connectivity index (χ0v) is 9.61. The molecule has 88 valence electrons. The number of hydrogen-bond donors (Lipinski definition) is 1. The number of nitrogens with zero attached hydrogens (tertiary/aromatic N) is 2. The van der Waals surface area contributed by atoms with Gasteiger partial charge in [-0.3, -0.25) is 4.90 Å². The molecule has 0 bridgehead atoms. The summed E-state index contributed by atoms with van der Waals surface area (Å²) in [5.41, 5.74) is 5.29. The van der Waals surface area contributed by atoms with Crippen LogP contribution in [0.4, 0.5) is 4.79 Å². The second-order valence-electron chi connectivity index (χ2n) is 4.49. The van der Waals surface area contributed by atoms with E-state index in [9.17, 15) is 4.79 Å². The molecule has 2 saturated heterocycles. The van der Waals surface area contributed by atoms with Crippen LogP contribution in [-0.2, 0) is 0 Å². The number of amides is 2. The fourth-order valence-corrected chi connectivity index (χ4v) is 2.40. The molecule has 2 N–H and O–H groups in total. The van der Waals surface area contributed by atoms with Gasteiger partial charge in [-0.1, -0.05) is 11.8 Å². The fraction of sp³-hybridized carbons (Fsp3) is 0.750. The Bertz CT molecular complexity index is 312. The first-order chi connectivity index (χ1) is 7.77. The van der Waals surface area contributed by atoms with E-state index in [2.05, 4.69) is 16.7 Å². The normalized spacial score (nSPS) is 25.5. The van der Waals surface area contributed by atoms with E-state index in [1.54, 1.807) is 4.90 Å². The molecule has 0 aromatic rings. The van der Waals surface area contributed by atoms with Crippen LogP contribution < -0.4 is 5.73 Å². The molecule has 1 unspecified atom stereocenters. The van der Waals surface area contributed by atoms with Gasteiger partial charge in [0.25, 0.3) is 0 Å². The van der Waals surface area contributed by atoms with Crippen LogP contribution in [-0.4, -0.2) is 48.1 Å². The molecule has 0 radical (unpaired) electrons. The lowest BCUT2D eigenvalue weighted by Gasteiger charge is -2.17. The van der Waals surface area contributed by atoms with Crippen molar-refractivity contribution < 1.29 is 4.79 Å². The van der Waals surface area contributed by atoms with Crippen LogP contribution in [0.2, 0.25) is 0 Å². The van der Waals surface area contributed by atoms with Crippen molar-refractivity contribution in [1.29, 1.82) is 0 Å². The number of urea groups is 1. The van der Waals surface area contributed by atoms with Crippen molar-refractivity contribution in [2.75, 3.05) is 26.2 Å². The van der Waals surface area contributed by atoms with Gasteiger partial charge in [-0.05, 0) is 38.8 Å². The summed E-state index contributed by atoms with van der Waals surface area (Å²) in [5, 5.41) is 0. The van der Waals surface area contributed by atoms with Crippen LogP contribution in [0.5, 0.6) is 0 Å². The Morgan fingerprint density at radius 3 is 2.69 bits per heavy atom. The summed E-state index contributed by atoms with van der Waals surface area (Å²) >= 11 is 0. The van der Waals surface area contributed by atoms with Crippen LogP contribution in [0, 0.1) is 11.8 Å². The minimum Gasteiger partial charge on any atom is -0.351 e. The van der Waals surface area contributed by atoms with E-state index in [1.165, 1.54) is 25.9 Å². The first-order valence-corrected chi connectivity index (χ1v) is 6.04. The third-order valence-electron chi connectivity index (χ3n) is 3.31. The molecule has 16 heavy (non-hydrogen) atoms. The number of carbonyl (C=O) groups excluding carboxylic acids is 1. The van der Waals surface area contributed by atoms with Gasteiger partial charge in [-0.2, -0.15) is 0 Å². The summed E-state index contributed by atoms with van der Waals surface area (Å²) in [6.07, 6.45) is 4.57. The molecule has 2 aliphatic heterocycles. The van der Waals surface area contributed by atoms with Gasteiger partial charge in [-0.15, -0.1) is 0 Å². The van der Waals surface area contributed by atoms with Gasteiger partial charge < -0.3 is 10.6 Å². The standard InChI is InChI=1S/C12H19N3O/c13-12(16)15-10-4-6-11(15)5-3-9-14-7-1-2-8-14/h11H,1-2,4,6-10H2,(H2,13,16). The molecule has 2 heterocycles. The molecule has 1 atom stereocenters. The first kappa shape index (κ1) is 11.3. The second kappa shape index (κ2) is 5.22. The molecule has 2 amide bonds.